The molecule has 0 spiro atoms. The van der Waals surface area contributed by atoms with Crippen LogP contribution in [0.25, 0.3) is 0 Å². The highest BCUT2D eigenvalue weighted by atomic mass is 32.1. The third-order valence-corrected chi connectivity index (χ3v) is 5.64. The van der Waals surface area contributed by atoms with Crippen molar-refractivity contribution in [1.82, 2.24) is 10.2 Å². The van der Waals surface area contributed by atoms with Crippen LogP contribution < -0.4 is 5.32 Å². The SMILES string of the molecule is CCN(CC)CCNC(C)c1cc2c(s1)CCCC2. The molecule has 19 heavy (non-hydrogen) atoms. The van der Waals surface area contributed by atoms with Gasteiger partial charge in [-0.2, -0.15) is 0 Å². The summed E-state index contributed by atoms with van der Waals surface area (Å²) in [5.74, 6) is 0. The van der Waals surface area contributed by atoms with E-state index in [9.17, 15) is 0 Å². The summed E-state index contributed by atoms with van der Waals surface area (Å²) < 4.78 is 0. The fraction of sp³-hybridized carbons (Fsp3) is 0.750. The summed E-state index contributed by atoms with van der Waals surface area (Å²) in [4.78, 5) is 5.66. The highest BCUT2D eigenvalue weighted by Crippen LogP contribution is 2.32. The third-order valence-electron chi connectivity index (χ3n) is 4.22. The van der Waals surface area contributed by atoms with Crippen LogP contribution >= 0.6 is 11.3 Å². The first-order valence-electron chi connectivity index (χ1n) is 7.81. The maximum Gasteiger partial charge on any atom is 0.0386 e. The molecule has 0 aromatic carbocycles. The molecule has 0 saturated heterocycles. The van der Waals surface area contributed by atoms with Gasteiger partial charge >= 0.3 is 0 Å². The van der Waals surface area contributed by atoms with E-state index >= 15 is 0 Å². The molecule has 1 aliphatic rings. The molecule has 1 aliphatic carbocycles. The van der Waals surface area contributed by atoms with E-state index in [1.807, 2.05) is 11.3 Å². The monoisotopic (exact) mass is 280 g/mol. The molecule has 2 rings (SSSR count). The quantitative estimate of drug-likeness (QED) is 0.820. The normalized spacial score (nSPS) is 16.6. The summed E-state index contributed by atoms with van der Waals surface area (Å²) >= 11 is 2.04. The first-order chi connectivity index (χ1) is 9.24. The van der Waals surface area contributed by atoms with Crippen LogP contribution in [0.3, 0.4) is 0 Å². The Morgan fingerprint density at radius 2 is 2.00 bits per heavy atom. The maximum absolute atomic E-state index is 3.68. The molecular formula is C16H28N2S. The Morgan fingerprint density at radius 3 is 2.68 bits per heavy atom. The minimum atomic E-state index is 0.506. The van der Waals surface area contributed by atoms with E-state index in [0.29, 0.717) is 6.04 Å². The Hall–Kier alpha value is -0.380. The van der Waals surface area contributed by atoms with Gasteiger partial charge in [-0.3, -0.25) is 0 Å². The van der Waals surface area contributed by atoms with Crippen molar-refractivity contribution in [3.63, 3.8) is 0 Å². The molecule has 0 saturated carbocycles. The van der Waals surface area contributed by atoms with Crippen LogP contribution in [-0.2, 0) is 12.8 Å². The summed E-state index contributed by atoms with van der Waals surface area (Å²) in [7, 11) is 0. The summed E-state index contributed by atoms with van der Waals surface area (Å²) in [5, 5.41) is 3.68. The second-order valence-corrected chi connectivity index (χ2v) is 6.68. The van der Waals surface area contributed by atoms with Gasteiger partial charge in [-0.05, 0) is 57.3 Å². The van der Waals surface area contributed by atoms with Crippen molar-refractivity contribution in [1.29, 1.82) is 0 Å². The van der Waals surface area contributed by atoms with Crippen molar-refractivity contribution in [2.45, 2.75) is 52.5 Å². The van der Waals surface area contributed by atoms with E-state index < -0.39 is 0 Å². The predicted octanol–water partition coefficient (Wildman–Crippen LogP) is 3.62. The van der Waals surface area contributed by atoms with Gasteiger partial charge in [0.1, 0.15) is 0 Å². The highest BCUT2D eigenvalue weighted by Gasteiger charge is 2.16. The number of nitrogens with one attached hydrogen (secondary N) is 1. The van der Waals surface area contributed by atoms with Gasteiger partial charge < -0.3 is 10.2 Å². The minimum Gasteiger partial charge on any atom is -0.308 e. The smallest absolute Gasteiger partial charge is 0.0386 e. The molecular weight excluding hydrogens is 252 g/mol. The molecule has 0 fully saturated rings. The van der Waals surface area contributed by atoms with Gasteiger partial charge in [0.05, 0.1) is 0 Å². The number of thiophene rings is 1. The topological polar surface area (TPSA) is 15.3 Å². The Bertz CT molecular complexity index is 359. The van der Waals surface area contributed by atoms with Crippen molar-refractivity contribution >= 4 is 11.3 Å². The van der Waals surface area contributed by atoms with E-state index in [1.54, 1.807) is 10.4 Å². The Kier molecular flexibility index (Phi) is 5.86. The van der Waals surface area contributed by atoms with Crippen LogP contribution in [0.1, 0.15) is 55.0 Å². The first kappa shape index (κ1) is 15.0. The van der Waals surface area contributed by atoms with Crippen LogP contribution in [0.15, 0.2) is 6.07 Å². The molecule has 2 nitrogen and oxygen atoms in total. The Morgan fingerprint density at radius 1 is 1.26 bits per heavy atom. The van der Waals surface area contributed by atoms with Gasteiger partial charge in [-0.15, -0.1) is 11.3 Å². The lowest BCUT2D eigenvalue weighted by Crippen LogP contribution is -2.32. The number of aryl methyl sites for hydroxylation is 2. The second kappa shape index (κ2) is 7.41. The van der Waals surface area contributed by atoms with E-state index in [0.717, 1.165) is 26.2 Å². The molecule has 0 amide bonds. The van der Waals surface area contributed by atoms with Gasteiger partial charge in [0.2, 0.25) is 0 Å². The number of fused-ring (bicyclic) bond motifs is 1. The zero-order valence-electron chi connectivity index (χ0n) is 12.7. The number of nitrogens with zero attached hydrogens (tertiary/aromatic N) is 1. The van der Waals surface area contributed by atoms with Crippen LogP contribution in [0, 0.1) is 0 Å². The lowest BCUT2D eigenvalue weighted by Gasteiger charge is -2.20. The van der Waals surface area contributed by atoms with Crippen molar-refractivity contribution < 1.29 is 0 Å². The van der Waals surface area contributed by atoms with Crippen LogP contribution in [0.2, 0.25) is 0 Å². The summed E-state index contributed by atoms with van der Waals surface area (Å²) in [6.07, 6.45) is 5.38. The lowest BCUT2D eigenvalue weighted by atomic mass is 9.99. The molecule has 1 N–H and O–H groups in total. The number of hydrogen-bond acceptors (Lipinski definition) is 3. The highest BCUT2D eigenvalue weighted by molar-refractivity contribution is 7.12. The third kappa shape index (κ3) is 4.04. The van der Waals surface area contributed by atoms with E-state index in [2.05, 4.69) is 37.1 Å². The zero-order valence-corrected chi connectivity index (χ0v) is 13.5. The Balaban J connectivity index is 1.82. The fourth-order valence-corrected chi connectivity index (χ4v) is 4.09. The van der Waals surface area contributed by atoms with E-state index in [-0.39, 0.29) is 0 Å². The number of likely N-dealkylation sites (N-methyl/N-ethyl adjacent to an activating group) is 1. The maximum atomic E-state index is 3.68. The molecule has 1 heterocycles. The largest absolute Gasteiger partial charge is 0.308 e. The van der Waals surface area contributed by atoms with E-state index in [1.165, 1.54) is 30.6 Å². The average molecular weight is 280 g/mol. The predicted molar refractivity (Wildman–Crippen MR) is 85.2 cm³/mol. The van der Waals surface area contributed by atoms with Crippen LogP contribution in [-0.4, -0.2) is 31.1 Å². The molecule has 3 heteroatoms. The van der Waals surface area contributed by atoms with Crippen LogP contribution in [0.4, 0.5) is 0 Å². The van der Waals surface area contributed by atoms with Crippen molar-refractivity contribution in [3.8, 4) is 0 Å². The van der Waals surface area contributed by atoms with Gasteiger partial charge in [-0.25, -0.2) is 0 Å². The van der Waals surface area contributed by atoms with E-state index in [4.69, 9.17) is 0 Å². The molecule has 1 atom stereocenters. The molecule has 0 bridgehead atoms. The molecule has 108 valence electrons. The molecule has 0 radical (unpaired) electrons. The summed E-state index contributed by atoms with van der Waals surface area (Å²) in [6, 6.07) is 2.96. The van der Waals surface area contributed by atoms with Crippen molar-refractivity contribution in [2.75, 3.05) is 26.2 Å². The summed E-state index contributed by atoms with van der Waals surface area (Å²) in [5.41, 5.74) is 1.63. The number of hydrogen-bond donors (Lipinski definition) is 1. The fourth-order valence-electron chi connectivity index (χ4n) is 2.81. The van der Waals surface area contributed by atoms with Crippen molar-refractivity contribution in [3.05, 3.63) is 21.4 Å². The standard InChI is InChI=1S/C16H28N2S/c1-4-18(5-2)11-10-17-13(3)16-12-14-8-6-7-9-15(14)19-16/h12-13,17H,4-11H2,1-3H3. The molecule has 1 aromatic rings. The molecule has 1 unspecified atom stereocenters. The van der Waals surface area contributed by atoms with Gasteiger partial charge in [0.25, 0.3) is 0 Å². The summed E-state index contributed by atoms with van der Waals surface area (Å²) in [6.45, 7) is 11.3. The lowest BCUT2D eigenvalue weighted by molar-refractivity contribution is 0.298. The zero-order chi connectivity index (χ0) is 13.7. The second-order valence-electron chi connectivity index (χ2n) is 5.51. The van der Waals surface area contributed by atoms with Gasteiger partial charge in [-0.1, -0.05) is 13.8 Å². The van der Waals surface area contributed by atoms with Gasteiger partial charge in [0.15, 0.2) is 0 Å². The molecule has 1 aromatic heterocycles. The van der Waals surface area contributed by atoms with Crippen LogP contribution in [0.5, 0.6) is 0 Å². The van der Waals surface area contributed by atoms with Gasteiger partial charge in [0, 0.05) is 28.9 Å². The van der Waals surface area contributed by atoms with Crippen molar-refractivity contribution in [2.24, 2.45) is 0 Å². The number of rotatable bonds is 7. The minimum absolute atomic E-state index is 0.506. The average Bonchev–Trinajstić information content (AvgIpc) is 2.87. The first-order valence-corrected chi connectivity index (χ1v) is 8.63. The Labute approximate surface area is 122 Å². The molecule has 0 aliphatic heterocycles.